The van der Waals surface area contributed by atoms with Gasteiger partial charge in [-0.2, -0.15) is 10.4 Å². The summed E-state index contributed by atoms with van der Waals surface area (Å²) in [4.78, 5) is 7.97. The van der Waals surface area contributed by atoms with Crippen molar-refractivity contribution < 1.29 is 9.84 Å². The van der Waals surface area contributed by atoms with Gasteiger partial charge in [-0.3, -0.25) is 5.10 Å². The maximum absolute atomic E-state index is 10.0. The van der Waals surface area contributed by atoms with Gasteiger partial charge in [-0.05, 0) is 25.0 Å². The second-order valence-electron chi connectivity index (χ2n) is 6.24. The lowest BCUT2D eigenvalue weighted by atomic mass is 9.95. The molecule has 2 heterocycles. The fraction of sp³-hybridized carbons (Fsp3) is 0.263. The third-order valence-corrected chi connectivity index (χ3v) is 4.24. The fourth-order valence-electron chi connectivity index (χ4n) is 2.50. The highest BCUT2D eigenvalue weighted by Gasteiger charge is 2.14. The van der Waals surface area contributed by atoms with E-state index in [-0.39, 0.29) is 11.4 Å². The van der Waals surface area contributed by atoms with E-state index in [2.05, 4.69) is 25.5 Å². The number of H-pyrrole nitrogens is 1. The van der Waals surface area contributed by atoms with E-state index >= 15 is 0 Å². The van der Waals surface area contributed by atoms with Crippen molar-refractivity contribution in [1.82, 2.24) is 20.2 Å². The summed E-state index contributed by atoms with van der Waals surface area (Å²) in [7, 11) is 1.53. The van der Waals surface area contributed by atoms with E-state index in [1.165, 1.54) is 38.8 Å². The van der Waals surface area contributed by atoms with Crippen LogP contribution in [0.25, 0.3) is 11.3 Å². The molecule has 9 nitrogen and oxygen atoms in total. The molecule has 0 radical (unpaired) electrons. The number of phenols is 1. The van der Waals surface area contributed by atoms with Crippen LogP contribution in [0.15, 0.2) is 36.7 Å². The van der Waals surface area contributed by atoms with Crippen LogP contribution in [0.3, 0.4) is 0 Å². The number of aromatic amines is 1. The van der Waals surface area contributed by atoms with Gasteiger partial charge in [-0.15, -0.1) is 0 Å². The van der Waals surface area contributed by atoms with Crippen LogP contribution in [0.2, 0.25) is 0 Å². The van der Waals surface area contributed by atoms with Gasteiger partial charge in [0.15, 0.2) is 11.5 Å². The number of rotatable bonds is 4. The Morgan fingerprint density at radius 3 is 2.64 bits per heavy atom. The monoisotopic (exact) mass is 379 g/mol. The van der Waals surface area contributed by atoms with Gasteiger partial charge in [0.25, 0.3) is 0 Å². The molecule has 0 unspecified atom stereocenters. The first-order valence-corrected chi connectivity index (χ1v) is 8.77. The molecular formula is C19H21N7O2. The number of methoxy groups -OCH3 is 1. The Balaban J connectivity index is 0.000000391. The Hall–Kier alpha value is -3.64. The molecule has 1 aliphatic rings. The van der Waals surface area contributed by atoms with E-state index in [4.69, 9.17) is 15.7 Å². The molecule has 0 aliphatic heterocycles. The molecule has 2 aromatic heterocycles. The topological polar surface area (TPSA) is 146 Å². The summed E-state index contributed by atoms with van der Waals surface area (Å²) in [6.07, 6.45) is 6.69. The molecule has 1 saturated carbocycles. The lowest BCUT2D eigenvalue weighted by molar-refractivity contribution is 0.410. The number of ether oxygens (including phenoxy) is 1. The summed E-state index contributed by atoms with van der Waals surface area (Å²) >= 11 is 0. The van der Waals surface area contributed by atoms with Gasteiger partial charge in [0, 0.05) is 12.1 Å². The van der Waals surface area contributed by atoms with Gasteiger partial charge in [-0.1, -0.05) is 12.5 Å². The number of anilines is 2. The highest BCUT2D eigenvalue weighted by atomic mass is 16.5. The number of nitrogens with one attached hydrogen (secondary N) is 2. The van der Waals surface area contributed by atoms with E-state index in [1.807, 2.05) is 6.07 Å². The molecule has 28 heavy (non-hydrogen) atoms. The highest BCUT2D eigenvalue weighted by Crippen LogP contribution is 2.37. The maximum Gasteiger partial charge on any atom is 0.158 e. The number of benzene rings is 1. The van der Waals surface area contributed by atoms with E-state index < -0.39 is 0 Å². The van der Waals surface area contributed by atoms with Crippen molar-refractivity contribution in [2.45, 2.75) is 25.3 Å². The molecule has 0 atom stereocenters. The third-order valence-electron chi connectivity index (χ3n) is 4.24. The molecule has 5 N–H and O–H groups in total. The summed E-state index contributed by atoms with van der Waals surface area (Å²) < 4.78 is 5.25. The molecule has 3 aromatic rings. The Morgan fingerprint density at radius 2 is 2.07 bits per heavy atom. The molecule has 1 fully saturated rings. The molecule has 0 spiro atoms. The van der Waals surface area contributed by atoms with Crippen molar-refractivity contribution in [1.29, 1.82) is 5.26 Å². The van der Waals surface area contributed by atoms with Crippen LogP contribution in [0.4, 0.5) is 11.6 Å². The normalized spacial score (nSPS) is 12.9. The van der Waals surface area contributed by atoms with Crippen LogP contribution in [0.1, 0.15) is 25.0 Å². The Kier molecular flexibility index (Phi) is 6.04. The number of aromatic hydroxyl groups is 1. The Morgan fingerprint density at radius 1 is 1.29 bits per heavy atom. The number of hydrogen-bond acceptors (Lipinski definition) is 8. The zero-order valence-electron chi connectivity index (χ0n) is 15.4. The minimum atomic E-state index is 0.0812. The number of phenolic OH excluding ortho intramolecular Hbond substituents is 1. The van der Waals surface area contributed by atoms with Crippen LogP contribution in [0, 0.1) is 11.3 Å². The van der Waals surface area contributed by atoms with Crippen LogP contribution in [0.5, 0.6) is 11.5 Å². The van der Waals surface area contributed by atoms with Crippen LogP contribution < -0.4 is 15.8 Å². The van der Waals surface area contributed by atoms with Crippen molar-refractivity contribution in [3.63, 3.8) is 0 Å². The van der Waals surface area contributed by atoms with E-state index in [9.17, 15) is 5.11 Å². The predicted molar refractivity (Wildman–Crippen MR) is 104 cm³/mol. The maximum atomic E-state index is 10.0. The predicted octanol–water partition coefficient (Wildman–Crippen LogP) is 2.69. The first kappa shape index (κ1) is 19.1. The quantitative estimate of drug-likeness (QED) is 0.541. The highest BCUT2D eigenvalue weighted by molar-refractivity contribution is 5.75. The van der Waals surface area contributed by atoms with Gasteiger partial charge >= 0.3 is 0 Å². The summed E-state index contributed by atoms with van der Waals surface area (Å²) in [5.41, 5.74) is 6.71. The molecule has 9 heteroatoms. The standard InChI is InChI=1S/C15H12N6O2.C4H9N/c1-23-12-4-2-3-11(22)15(12)10-5-13(21-20-10)19-14-8-17-9(6-16)7-18-14;5-4-2-1-3-4/h2-5,7-8,22H,1H3,(H2,18,19,20,21);4H,1-3,5H2. The lowest BCUT2D eigenvalue weighted by Gasteiger charge is -2.18. The third kappa shape index (κ3) is 4.55. The van der Waals surface area contributed by atoms with Crippen LogP contribution >= 0.6 is 0 Å². The number of hydrogen-bond donors (Lipinski definition) is 4. The van der Waals surface area contributed by atoms with Gasteiger partial charge in [0.2, 0.25) is 0 Å². The molecule has 1 aromatic carbocycles. The number of nitriles is 1. The van der Waals surface area contributed by atoms with E-state index in [1.54, 1.807) is 24.3 Å². The van der Waals surface area contributed by atoms with Crippen molar-refractivity contribution in [2.75, 3.05) is 12.4 Å². The molecular weight excluding hydrogens is 358 g/mol. The molecule has 4 rings (SSSR count). The van der Waals surface area contributed by atoms with E-state index in [0.717, 1.165) is 0 Å². The summed E-state index contributed by atoms with van der Waals surface area (Å²) in [6.45, 7) is 0. The molecule has 144 valence electrons. The molecule has 0 amide bonds. The van der Waals surface area contributed by atoms with Gasteiger partial charge in [0.1, 0.15) is 23.4 Å². The average molecular weight is 379 g/mol. The van der Waals surface area contributed by atoms with Crippen molar-refractivity contribution in [2.24, 2.45) is 5.73 Å². The Bertz CT molecular complexity index is 959. The molecule has 0 saturated heterocycles. The second kappa shape index (κ2) is 8.83. The molecule has 1 aliphatic carbocycles. The van der Waals surface area contributed by atoms with Gasteiger partial charge in [0.05, 0.1) is 30.8 Å². The first-order valence-electron chi connectivity index (χ1n) is 8.77. The fourth-order valence-corrected chi connectivity index (χ4v) is 2.50. The van der Waals surface area contributed by atoms with Crippen molar-refractivity contribution in [3.05, 3.63) is 42.4 Å². The minimum absolute atomic E-state index is 0.0812. The van der Waals surface area contributed by atoms with E-state index in [0.29, 0.717) is 34.7 Å². The minimum Gasteiger partial charge on any atom is -0.507 e. The SMILES string of the molecule is COc1cccc(O)c1-c1cc(Nc2cnc(C#N)cn2)n[nH]1.NC1CCC1. The second-order valence-corrected chi connectivity index (χ2v) is 6.24. The lowest BCUT2D eigenvalue weighted by Crippen LogP contribution is -2.27. The summed E-state index contributed by atoms with van der Waals surface area (Å²) in [5, 5.41) is 28.6. The van der Waals surface area contributed by atoms with Crippen LogP contribution in [-0.2, 0) is 0 Å². The van der Waals surface area contributed by atoms with Gasteiger partial charge < -0.3 is 20.9 Å². The van der Waals surface area contributed by atoms with Crippen molar-refractivity contribution in [3.8, 4) is 28.8 Å². The number of nitrogens with two attached hydrogens (primary N) is 1. The number of aromatic nitrogens is 4. The largest absolute Gasteiger partial charge is 0.507 e. The average Bonchev–Trinajstić information content (AvgIpc) is 3.15. The zero-order valence-corrected chi connectivity index (χ0v) is 15.4. The smallest absolute Gasteiger partial charge is 0.158 e. The summed E-state index contributed by atoms with van der Waals surface area (Å²) in [5.74, 6) is 1.55. The van der Waals surface area contributed by atoms with Crippen molar-refractivity contribution >= 4 is 11.6 Å². The zero-order chi connectivity index (χ0) is 19.9. The number of nitrogens with zero attached hydrogens (tertiary/aromatic N) is 4. The summed E-state index contributed by atoms with van der Waals surface area (Å²) in [6, 6.07) is 9.17. The van der Waals surface area contributed by atoms with Gasteiger partial charge in [-0.25, -0.2) is 9.97 Å². The van der Waals surface area contributed by atoms with Crippen LogP contribution in [-0.4, -0.2) is 38.4 Å². The molecule has 0 bridgehead atoms. The Labute approximate surface area is 162 Å². The first-order chi connectivity index (χ1) is 13.6.